The van der Waals surface area contributed by atoms with E-state index in [2.05, 4.69) is 17.1 Å². The van der Waals surface area contributed by atoms with Crippen LogP contribution in [0.3, 0.4) is 0 Å². The van der Waals surface area contributed by atoms with Crippen molar-refractivity contribution >= 4 is 24.8 Å². The van der Waals surface area contributed by atoms with Crippen LogP contribution in [0, 0.1) is 5.92 Å². The van der Waals surface area contributed by atoms with Crippen LogP contribution in [0.25, 0.3) is 0 Å². The molecule has 2 nitrogen and oxygen atoms in total. The van der Waals surface area contributed by atoms with E-state index in [4.69, 9.17) is 0 Å². The van der Waals surface area contributed by atoms with E-state index in [9.17, 15) is 4.39 Å². The summed E-state index contributed by atoms with van der Waals surface area (Å²) in [6.45, 7) is 6.98. The number of halogens is 3. The summed E-state index contributed by atoms with van der Waals surface area (Å²) in [5.41, 5.74) is -0.885. The Morgan fingerprint density at radius 1 is 1.18 bits per heavy atom. The minimum absolute atomic E-state index is 0. The smallest absolute Gasteiger partial charge is 0.123 e. The lowest BCUT2D eigenvalue weighted by Crippen LogP contribution is -2.50. The van der Waals surface area contributed by atoms with Crippen molar-refractivity contribution in [2.75, 3.05) is 32.7 Å². The molecule has 1 saturated carbocycles. The second-order valence-electron chi connectivity index (χ2n) is 5.36. The van der Waals surface area contributed by atoms with Gasteiger partial charge in [-0.05, 0) is 31.6 Å². The maximum atomic E-state index is 14.5. The summed E-state index contributed by atoms with van der Waals surface area (Å²) in [4.78, 5) is 2.28. The van der Waals surface area contributed by atoms with Crippen molar-refractivity contribution in [3.8, 4) is 0 Å². The van der Waals surface area contributed by atoms with Crippen LogP contribution >= 0.6 is 24.8 Å². The number of piperazine rings is 1. The van der Waals surface area contributed by atoms with Crippen LogP contribution in [0.2, 0.25) is 0 Å². The zero-order valence-electron chi connectivity index (χ0n) is 10.6. The summed E-state index contributed by atoms with van der Waals surface area (Å²) < 4.78 is 14.5. The molecular weight excluding hydrogens is 262 g/mol. The van der Waals surface area contributed by atoms with Gasteiger partial charge in [-0.3, -0.25) is 4.90 Å². The van der Waals surface area contributed by atoms with Gasteiger partial charge in [0.05, 0.1) is 0 Å². The number of nitrogens with one attached hydrogen (secondary N) is 1. The highest BCUT2D eigenvalue weighted by molar-refractivity contribution is 5.85. The van der Waals surface area contributed by atoms with Crippen molar-refractivity contribution in [1.29, 1.82) is 0 Å². The first-order chi connectivity index (χ1) is 7.18. The van der Waals surface area contributed by atoms with E-state index in [1.165, 1.54) is 0 Å². The minimum Gasteiger partial charge on any atom is -0.314 e. The standard InChI is InChI=1S/C12H23FN2.2ClH/c1-11-2-4-12(13,5-3-11)10-15-8-6-14-7-9-15;;/h11,14H,2-10H2,1H3;2*1H. The van der Waals surface area contributed by atoms with Gasteiger partial charge < -0.3 is 5.32 Å². The Hall–Kier alpha value is 0.430. The van der Waals surface area contributed by atoms with Crippen LogP contribution in [0.4, 0.5) is 4.39 Å². The molecule has 2 aliphatic rings. The number of alkyl halides is 1. The van der Waals surface area contributed by atoms with E-state index in [1.54, 1.807) is 0 Å². The fraction of sp³-hybridized carbons (Fsp3) is 1.00. The fourth-order valence-corrected chi connectivity index (χ4v) is 2.71. The summed E-state index contributed by atoms with van der Waals surface area (Å²) in [6, 6.07) is 0. The predicted octanol–water partition coefficient (Wildman–Crippen LogP) is 2.65. The van der Waals surface area contributed by atoms with Crippen molar-refractivity contribution in [2.45, 2.75) is 38.3 Å². The molecule has 0 spiro atoms. The number of hydrogen-bond donors (Lipinski definition) is 1. The average Bonchev–Trinajstić information content (AvgIpc) is 2.24. The average molecular weight is 287 g/mol. The van der Waals surface area contributed by atoms with Crippen molar-refractivity contribution in [1.82, 2.24) is 10.2 Å². The van der Waals surface area contributed by atoms with Gasteiger partial charge >= 0.3 is 0 Å². The van der Waals surface area contributed by atoms with Crippen LogP contribution < -0.4 is 5.32 Å². The van der Waals surface area contributed by atoms with Gasteiger partial charge in [-0.15, -0.1) is 24.8 Å². The maximum absolute atomic E-state index is 14.5. The zero-order chi connectivity index (χ0) is 10.7. The summed E-state index contributed by atoms with van der Waals surface area (Å²) in [6.07, 6.45) is 3.70. The highest BCUT2D eigenvalue weighted by Crippen LogP contribution is 2.35. The van der Waals surface area contributed by atoms with E-state index >= 15 is 0 Å². The van der Waals surface area contributed by atoms with Crippen molar-refractivity contribution in [3.63, 3.8) is 0 Å². The molecule has 0 aromatic heterocycles. The van der Waals surface area contributed by atoms with Crippen LogP contribution in [0.5, 0.6) is 0 Å². The molecule has 2 rings (SSSR count). The number of rotatable bonds is 2. The summed E-state index contributed by atoms with van der Waals surface area (Å²) >= 11 is 0. The first-order valence-corrected chi connectivity index (χ1v) is 6.30. The Bertz CT molecular complexity index is 203. The Morgan fingerprint density at radius 3 is 2.24 bits per heavy atom. The SMILES string of the molecule is CC1CCC(F)(CN2CCNCC2)CC1.Cl.Cl. The number of nitrogens with zero attached hydrogens (tertiary/aromatic N) is 1. The van der Waals surface area contributed by atoms with Crippen LogP contribution in [0.1, 0.15) is 32.6 Å². The van der Waals surface area contributed by atoms with Gasteiger partial charge in [0.25, 0.3) is 0 Å². The third-order valence-corrected chi connectivity index (χ3v) is 3.89. The molecule has 0 aromatic rings. The van der Waals surface area contributed by atoms with E-state index in [1.807, 2.05) is 0 Å². The lowest BCUT2D eigenvalue weighted by molar-refractivity contribution is 0.0387. The molecule has 5 heteroatoms. The number of hydrogen-bond acceptors (Lipinski definition) is 2. The highest BCUT2D eigenvalue weighted by atomic mass is 35.5. The molecule has 2 fully saturated rings. The molecule has 0 unspecified atom stereocenters. The van der Waals surface area contributed by atoms with Gasteiger partial charge in [0.2, 0.25) is 0 Å². The van der Waals surface area contributed by atoms with Gasteiger partial charge in [0.15, 0.2) is 0 Å². The Balaban J connectivity index is 0.00000128. The summed E-state index contributed by atoms with van der Waals surface area (Å²) in [5.74, 6) is 0.733. The molecular formula is C12H25Cl2FN2. The zero-order valence-corrected chi connectivity index (χ0v) is 12.2. The molecule has 0 amide bonds. The van der Waals surface area contributed by atoms with Gasteiger partial charge in [-0.25, -0.2) is 4.39 Å². The van der Waals surface area contributed by atoms with Crippen molar-refractivity contribution in [2.24, 2.45) is 5.92 Å². The monoisotopic (exact) mass is 286 g/mol. The first-order valence-electron chi connectivity index (χ1n) is 6.30. The lowest BCUT2D eigenvalue weighted by atomic mass is 9.80. The van der Waals surface area contributed by atoms with Gasteiger partial charge in [0, 0.05) is 32.7 Å². The van der Waals surface area contributed by atoms with Crippen LogP contribution in [-0.2, 0) is 0 Å². The van der Waals surface area contributed by atoms with Crippen molar-refractivity contribution < 1.29 is 4.39 Å². The summed E-state index contributed by atoms with van der Waals surface area (Å²) in [7, 11) is 0. The largest absolute Gasteiger partial charge is 0.314 e. The third kappa shape index (κ3) is 5.29. The fourth-order valence-electron chi connectivity index (χ4n) is 2.71. The van der Waals surface area contributed by atoms with E-state index in [0.717, 1.165) is 57.8 Å². The lowest BCUT2D eigenvalue weighted by Gasteiger charge is -2.38. The van der Waals surface area contributed by atoms with Gasteiger partial charge in [-0.2, -0.15) is 0 Å². The molecule has 104 valence electrons. The highest BCUT2D eigenvalue weighted by Gasteiger charge is 2.35. The Morgan fingerprint density at radius 2 is 1.71 bits per heavy atom. The van der Waals surface area contributed by atoms with E-state index in [0.29, 0.717) is 6.54 Å². The molecule has 1 aliphatic carbocycles. The Labute approximate surface area is 117 Å². The van der Waals surface area contributed by atoms with Gasteiger partial charge in [-0.1, -0.05) is 6.92 Å². The molecule has 0 aromatic carbocycles. The van der Waals surface area contributed by atoms with E-state index < -0.39 is 5.67 Å². The molecule has 0 atom stereocenters. The normalized spacial score (nSPS) is 34.6. The minimum atomic E-state index is -0.885. The topological polar surface area (TPSA) is 15.3 Å². The van der Waals surface area contributed by atoms with Crippen LogP contribution in [-0.4, -0.2) is 43.3 Å². The van der Waals surface area contributed by atoms with Gasteiger partial charge in [0.1, 0.15) is 5.67 Å². The maximum Gasteiger partial charge on any atom is 0.123 e. The second-order valence-corrected chi connectivity index (χ2v) is 5.36. The molecule has 1 saturated heterocycles. The third-order valence-electron chi connectivity index (χ3n) is 3.89. The predicted molar refractivity (Wildman–Crippen MR) is 75.3 cm³/mol. The van der Waals surface area contributed by atoms with E-state index in [-0.39, 0.29) is 24.8 Å². The molecule has 0 radical (unpaired) electrons. The molecule has 0 bridgehead atoms. The van der Waals surface area contributed by atoms with Crippen molar-refractivity contribution in [3.05, 3.63) is 0 Å². The molecule has 1 heterocycles. The molecule has 1 N–H and O–H groups in total. The van der Waals surface area contributed by atoms with Crippen LogP contribution in [0.15, 0.2) is 0 Å². The quantitative estimate of drug-likeness (QED) is 0.840. The molecule has 17 heavy (non-hydrogen) atoms. The second kappa shape index (κ2) is 7.78. The Kier molecular flexibility index (Phi) is 7.97. The first kappa shape index (κ1) is 17.4. The summed E-state index contributed by atoms with van der Waals surface area (Å²) in [5, 5.41) is 3.31. The molecule has 1 aliphatic heterocycles.